The second-order valence-corrected chi connectivity index (χ2v) is 8.29. The van der Waals surface area contributed by atoms with Gasteiger partial charge in [0.25, 0.3) is 0 Å². The molecule has 0 saturated carbocycles. The molecule has 0 radical (unpaired) electrons. The quantitative estimate of drug-likeness (QED) is 0.538. The van der Waals surface area contributed by atoms with E-state index in [-0.39, 0.29) is 11.2 Å². The fourth-order valence-electron chi connectivity index (χ4n) is 3.14. The molecule has 0 spiro atoms. The van der Waals surface area contributed by atoms with Gasteiger partial charge in [-0.15, -0.1) is 0 Å². The van der Waals surface area contributed by atoms with Gasteiger partial charge in [-0.25, -0.2) is 0 Å². The van der Waals surface area contributed by atoms with Crippen LogP contribution in [0.5, 0.6) is 0 Å². The summed E-state index contributed by atoms with van der Waals surface area (Å²) in [4.78, 5) is 12.1. The Bertz CT molecular complexity index is 709. The Hall–Kier alpha value is -1.93. The Balaban J connectivity index is 2.83. The van der Waals surface area contributed by atoms with Crippen LogP contribution in [0.4, 0.5) is 0 Å². The molecule has 148 valence electrons. The number of hydrogen-bond acceptors (Lipinski definition) is 2. The number of rotatable bonds is 7. The number of allylic oxidation sites excluding steroid dienone is 11. The Morgan fingerprint density at radius 1 is 1.19 bits per heavy atom. The normalized spacial score (nSPS) is 23.3. The number of aliphatic hydroxyl groups is 1. The molecule has 0 heterocycles. The predicted molar refractivity (Wildman–Crippen MR) is 117 cm³/mol. The van der Waals surface area contributed by atoms with Crippen LogP contribution in [-0.4, -0.2) is 17.0 Å². The molecule has 0 amide bonds. The van der Waals surface area contributed by atoms with Crippen LogP contribution in [0.3, 0.4) is 0 Å². The third-order valence-electron chi connectivity index (χ3n) is 5.18. The molecular formula is C25H36O2. The lowest BCUT2D eigenvalue weighted by Gasteiger charge is -2.34. The number of carbonyl (C=O) groups is 1. The molecule has 2 unspecified atom stereocenters. The zero-order chi connectivity index (χ0) is 20.6. The van der Waals surface area contributed by atoms with Crippen LogP contribution in [0, 0.1) is 11.3 Å². The van der Waals surface area contributed by atoms with Crippen molar-refractivity contribution in [2.45, 2.75) is 67.4 Å². The fourth-order valence-corrected chi connectivity index (χ4v) is 3.14. The van der Waals surface area contributed by atoms with E-state index in [2.05, 4.69) is 65.0 Å². The van der Waals surface area contributed by atoms with Gasteiger partial charge in [0.05, 0.1) is 0 Å². The zero-order valence-electron chi connectivity index (χ0n) is 18.0. The SMILES string of the molecule is CCC(C)/C=C/C=C(C)/C=C/C=C(C)/C=C/C1=C(C)C(=O)C(O)CC1(C)C. The van der Waals surface area contributed by atoms with Gasteiger partial charge in [-0.3, -0.25) is 4.79 Å². The lowest BCUT2D eigenvalue weighted by atomic mass is 9.71. The molecule has 0 aromatic heterocycles. The van der Waals surface area contributed by atoms with Crippen molar-refractivity contribution in [1.82, 2.24) is 0 Å². The third kappa shape index (κ3) is 7.30. The van der Waals surface area contributed by atoms with Crippen molar-refractivity contribution in [2.75, 3.05) is 0 Å². The highest BCUT2D eigenvalue weighted by molar-refractivity contribution is 6.00. The summed E-state index contributed by atoms with van der Waals surface area (Å²) in [6.07, 6.45) is 17.5. The zero-order valence-corrected chi connectivity index (χ0v) is 18.0. The van der Waals surface area contributed by atoms with Gasteiger partial charge in [-0.1, -0.05) is 93.9 Å². The molecule has 1 N–H and O–H groups in total. The molecule has 1 aliphatic rings. The van der Waals surface area contributed by atoms with Crippen molar-refractivity contribution in [2.24, 2.45) is 11.3 Å². The number of ketones is 1. The summed E-state index contributed by atoms with van der Waals surface area (Å²) in [5.74, 6) is 0.460. The minimum absolute atomic E-state index is 0.151. The summed E-state index contributed by atoms with van der Waals surface area (Å²) < 4.78 is 0. The minimum atomic E-state index is -0.874. The van der Waals surface area contributed by atoms with Crippen LogP contribution in [0.2, 0.25) is 0 Å². The molecule has 2 atom stereocenters. The van der Waals surface area contributed by atoms with Crippen molar-refractivity contribution in [3.05, 3.63) is 70.9 Å². The maximum Gasteiger partial charge on any atom is 0.187 e. The van der Waals surface area contributed by atoms with Crippen molar-refractivity contribution in [3.8, 4) is 0 Å². The van der Waals surface area contributed by atoms with Crippen LogP contribution in [0.15, 0.2) is 70.9 Å². The smallest absolute Gasteiger partial charge is 0.187 e. The van der Waals surface area contributed by atoms with Crippen LogP contribution < -0.4 is 0 Å². The van der Waals surface area contributed by atoms with Gasteiger partial charge < -0.3 is 5.11 Å². The first-order valence-corrected chi connectivity index (χ1v) is 9.90. The Morgan fingerprint density at radius 3 is 2.41 bits per heavy atom. The van der Waals surface area contributed by atoms with Gasteiger partial charge >= 0.3 is 0 Å². The monoisotopic (exact) mass is 368 g/mol. The van der Waals surface area contributed by atoms with Crippen LogP contribution in [-0.2, 0) is 4.79 Å². The molecule has 0 fully saturated rings. The van der Waals surface area contributed by atoms with Crippen LogP contribution in [0.1, 0.15) is 61.3 Å². The third-order valence-corrected chi connectivity index (χ3v) is 5.18. The molecule has 2 nitrogen and oxygen atoms in total. The summed E-state index contributed by atoms with van der Waals surface area (Å²) >= 11 is 0. The largest absolute Gasteiger partial charge is 0.385 e. The highest BCUT2D eigenvalue weighted by atomic mass is 16.3. The number of aliphatic hydroxyl groups excluding tert-OH is 1. The molecule has 0 bridgehead atoms. The van der Waals surface area contributed by atoms with E-state index < -0.39 is 6.10 Å². The highest BCUT2D eigenvalue weighted by Gasteiger charge is 2.36. The second kappa shape index (κ2) is 10.4. The van der Waals surface area contributed by atoms with E-state index >= 15 is 0 Å². The molecule has 0 aliphatic heterocycles. The van der Waals surface area contributed by atoms with E-state index in [1.807, 2.05) is 32.1 Å². The molecule has 27 heavy (non-hydrogen) atoms. The molecule has 1 aliphatic carbocycles. The van der Waals surface area contributed by atoms with Crippen molar-refractivity contribution < 1.29 is 9.90 Å². The first kappa shape index (κ1) is 23.1. The van der Waals surface area contributed by atoms with E-state index in [1.54, 1.807) is 0 Å². The predicted octanol–water partition coefficient (Wildman–Crippen LogP) is 6.27. The van der Waals surface area contributed by atoms with Gasteiger partial charge in [0, 0.05) is 0 Å². The summed E-state index contributed by atoms with van der Waals surface area (Å²) in [5, 5.41) is 9.91. The van der Waals surface area contributed by atoms with Gasteiger partial charge in [0.15, 0.2) is 5.78 Å². The van der Waals surface area contributed by atoms with Crippen LogP contribution >= 0.6 is 0 Å². The number of Topliss-reactive ketones (excluding diaryl/α,β-unsaturated/α-hetero) is 1. The molecule has 0 aromatic rings. The van der Waals surface area contributed by atoms with E-state index in [0.29, 0.717) is 17.9 Å². The second-order valence-electron chi connectivity index (χ2n) is 8.29. The Morgan fingerprint density at radius 2 is 1.78 bits per heavy atom. The lowest BCUT2D eigenvalue weighted by molar-refractivity contribution is -0.125. The van der Waals surface area contributed by atoms with Crippen LogP contribution in [0.25, 0.3) is 0 Å². The summed E-state index contributed by atoms with van der Waals surface area (Å²) in [6, 6.07) is 0. The number of hydrogen-bond donors (Lipinski definition) is 1. The molecule has 0 saturated heterocycles. The Labute approximate surface area is 165 Å². The summed E-state index contributed by atoms with van der Waals surface area (Å²) in [7, 11) is 0. The van der Waals surface area contributed by atoms with E-state index in [0.717, 1.165) is 17.6 Å². The lowest BCUT2D eigenvalue weighted by Crippen LogP contribution is -2.35. The van der Waals surface area contributed by atoms with Crippen molar-refractivity contribution in [3.63, 3.8) is 0 Å². The standard InChI is InChI=1S/C25H36O2/c1-8-18(2)11-9-12-19(3)13-10-14-20(4)15-16-22-21(5)24(27)23(26)17-25(22,6)7/h9-16,18,23,26H,8,17H2,1-7H3/b11-9+,13-10+,16-15+,19-12+,20-14+. The average Bonchev–Trinajstić information content (AvgIpc) is 2.59. The van der Waals surface area contributed by atoms with Gasteiger partial charge in [0.1, 0.15) is 6.10 Å². The van der Waals surface area contributed by atoms with E-state index in [9.17, 15) is 9.90 Å². The minimum Gasteiger partial charge on any atom is -0.385 e. The van der Waals surface area contributed by atoms with Gasteiger partial charge in [-0.05, 0) is 49.7 Å². The summed E-state index contributed by atoms with van der Waals surface area (Å²) in [6.45, 7) is 14.5. The maximum atomic E-state index is 12.1. The van der Waals surface area contributed by atoms with E-state index in [4.69, 9.17) is 0 Å². The van der Waals surface area contributed by atoms with Gasteiger partial charge in [0.2, 0.25) is 0 Å². The fraction of sp³-hybridized carbons (Fsp3) is 0.480. The van der Waals surface area contributed by atoms with E-state index in [1.165, 1.54) is 5.57 Å². The molecular weight excluding hydrogens is 332 g/mol. The topological polar surface area (TPSA) is 37.3 Å². The summed E-state index contributed by atoms with van der Waals surface area (Å²) in [5.41, 5.74) is 3.80. The molecule has 1 rings (SSSR count). The first-order valence-electron chi connectivity index (χ1n) is 9.90. The van der Waals surface area contributed by atoms with Crippen molar-refractivity contribution >= 4 is 5.78 Å². The average molecular weight is 369 g/mol. The first-order chi connectivity index (χ1) is 12.6. The molecule has 2 heteroatoms. The Kier molecular flexibility index (Phi) is 8.92. The highest BCUT2D eigenvalue weighted by Crippen LogP contribution is 2.39. The molecule has 0 aromatic carbocycles. The van der Waals surface area contributed by atoms with Crippen molar-refractivity contribution in [1.29, 1.82) is 0 Å². The number of carbonyl (C=O) groups excluding carboxylic acids is 1. The van der Waals surface area contributed by atoms with Gasteiger partial charge in [-0.2, -0.15) is 0 Å². The maximum absolute atomic E-state index is 12.1.